The Labute approximate surface area is 153 Å². The number of nitrogens with zero attached hydrogens (tertiary/aromatic N) is 2. The summed E-state index contributed by atoms with van der Waals surface area (Å²) >= 11 is 0. The highest BCUT2D eigenvalue weighted by Crippen LogP contribution is 2.28. The van der Waals surface area contributed by atoms with Crippen LogP contribution in [-0.2, 0) is 17.6 Å². The number of hydrogen-bond donors (Lipinski definition) is 2. The molecule has 0 bridgehead atoms. The first-order valence-corrected chi connectivity index (χ1v) is 8.81. The molecule has 1 heterocycles. The first kappa shape index (κ1) is 18.1. The second-order valence-corrected chi connectivity index (χ2v) is 6.50. The van der Waals surface area contributed by atoms with Crippen molar-refractivity contribution in [3.63, 3.8) is 0 Å². The van der Waals surface area contributed by atoms with Crippen LogP contribution in [0, 0.1) is 0 Å². The van der Waals surface area contributed by atoms with Gasteiger partial charge < -0.3 is 20.5 Å². The van der Waals surface area contributed by atoms with Gasteiger partial charge in [-0.15, -0.1) is 0 Å². The number of carboxylic acid groups (broad SMARTS) is 1. The molecule has 1 aliphatic heterocycles. The van der Waals surface area contributed by atoms with Crippen LogP contribution in [0.3, 0.4) is 0 Å². The molecule has 1 amide bonds. The molecule has 138 valence electrons. The fourth-order valence-electron chi connectivity index (χ4n) is 3.23. The molecule has 2 aromatic rings. The normalized spacial score (nSPS) is 14.3. The lowest BCUT2D eigenvalue weighted by atomic mass is 10.0. The largest absolute Gasteiger partial charge is 0.465 e. The van der Waals surface area contributed by atoms with Crippen LogP contribution in [0.4, 0.5) is 21.9 Å². The Bertz CT molecular complexity index is 773. The van der Waals surface area contributed by atoms with Crippen LogP contribution in [-0.4, -0.2) is 44.6 Å². The molecule has 3 rings (SSSR count). The predicted molar refractivity (Wildman–Crippen MR) is 104 cm³/mol. The Kier molecular flexibility index (Phi) is 5.63. The van der Waals surface area contributed by atoms with E-state index >= 15 is 0 Å². The number of ether oxygens (including phenoxy) is 1. The van der Waals surface area contributed by atoms with E-state index in [9.17, 15) is 9.90 Å². The van der Waals surface area contributed by atoms with Gasteiger partial charge >= 0.3 is 6.09 Å². The summed E-state index contributed by atoms with van der Waals surface area (Å²) in [5, 5.41) is 9.27. The van der Waals surface area contributed by atoms with Gasteiger partial charge in [-0.2, -0.15) is 0 Å². The van der Waals surface area contributed by atoms with Crippen LogP contribution in [0.25, 0.3) is 0 Å². The third kappa shape index (κ3) is 4.26. The number of hydrogen-bond acceptors (Lipinski definition) is 4. The van der Waals surface area contributed by atoms with E-state index < -0.39 is 6.09 Å². The standard InChI is InChI=1S/C20H25N3O3/c1-22(20(24)25)18-7-8-19(23-9-11-26-12-10-23)16(14-18)6-5-15-3-2-4-17(21)13-15/h2-4,7-8,13-14H,5-6,9-12,21H2,1H3,(H,24,25). The van der Waals surface area contributed by atoms with Crippen LogP contribution in [0.2, 0.25) is 0 Å². The van der Waals surface area contributed by atoms with Crippen molar-refractivity contribution in [2.24, 2.45) is 0 Å². The minimum absolute atomic E-state index is 0.678. The summed E-state index contributed by atoms with van der Waals surface area (Å²) < 4.78 is 5.46. The van der Waals surface area contributed by atoms with Crippen LogP contribution in [0.1, 0.15) is 11.1 Å². The number of aryl methyl sites for hydroxylation is 2. The van der Waals surface area contributed by atoms with Gasteiger partial charge in [-0.1, -0.05) is 12.1 Å². The van der Waals surface area contributed by atoms with Gasteiger partial charge in [0, 0.05) is 37.2 Å². The van der Waals surface area contributed by atoms with Crippen molar-refractivity contribution in [3.05, 3.63) is 53.6 Å². The van der Waals surface area contributed by atoms with Crippen molar-refractivity contribution in [1.82, 2.24) is 0 Å². The van der Waals surface area contributed by atoms with E-state index in [1.54, 1.807) is 7.05 Å². The van der Waals surface area contributed by atoms with E-state index in [0.717, 1.165) is 42.9 Å². The molecule has 0 aromatic heterocycles. The summed E-state index contributed by atoms with van der Waals surface area (Å²) in [6.07, 6.45) is 0.700. The molecule has 0 radical (unpaired) electrons. The van der Waals surface area contributed by atoms with Crippen molar-refractivity contribution in [2.45, 2.75) is 12.8 Å². The van der Waals surface area contributed by atoms with E-state index in [-0.39, 0.29) is 0 Å². The Morgan fingerprint density at radius 2 is 1.96 bits per heavy atom. The fraction of sp³-hybridized carbons (Fsp3) is 0.350. The highest BCUT2D eigenvalue weighted by Gasteiger charge is 2.17. The molecular formula is C20H25N3O3. The van der Waals surface area contributed by atoms with Crippen molar-refractivity contribution in [2.75, 3.05) is 48.9 Å². The van der Waals surface area contributed by atoms with E-state index in [0.29, 0.717) is 18.9 Å². The molecule has 0 saturated carbocycles. The minimum Gasteiger partial charge on any atom is -0.465 e. The van der Waals surface area contributed by atoms with Gasteiger partial charge in [0.15, 0.2) is 0 Å². The van der Waals surface area contributed by atoms with Crippen molar-refractivity contribution < 1.29 is 14.6 Å². The Balaban J connectivity index is 1.87. The lowest BCUT2D eigenvalue weighted by molar-refractivity contribution is 0.122. The van der Waals surface area contributed by atoms with Gasteiger partial charge in [-0.25, -0.2) is 4.79 Å². The molecule has 1 saturated heterocycles. The molecule has 6 nitrogen and oxygen atoms in total. The predicted octanol–water partition coefficient (Wildman–Crippen LogP) is 3.00. The zero-order chi connectivity index (χ0) is 18.5. The number of anilines is 3. The van der Waals surface area contributed by atoms with Gasteiger partial charge in [-0.05, 0) is 54.3 Å². The van der Waals surface area contributed by atoms with Crippen molar-refractivity contribution >= 4 is 23.2 Å². The summed E-state index contributed by atoms with van der Waals surface area (Å²) in [5.41, 5.74) is 10.8. The second kappa shape index (κ2) is 8.10. The maximum atomic E-state index is 11.3. The summed E-state index contributed by atoms with van der Waals surface area (Å²) in [7, 11) is 1.56. The lowest BCUT2D eigenvalue weighted by Gasteiger charge is -2.31. The quantitative estimate of drug-likeness (QED) is 0.806. The van der Waals surface area contributed by atoms with Crippen LogP contribution < -0.4 is 15.5 Å². The first-order chi connectivity index (χ1) is 12.5. The van der Waals surface area contributed by atoms with E-state index in [1.807, 2.05) is 36.4 Å². The SMILES string of the molecule is CN(C(=O)O)c1ccc(N2CCOCC2)c(CCc2cccc(N)c2)c1. The van der Waals surface area contributed by atoms with Gasteiger partial charge in [0.2, 0.25) is 0 Å². The summed E-state index contributed by atoms with van der Waals surface area (Å²) in [4.78, 5) is 14.9. The summed E-state index contributed by atoms with van der Waals surface area (Å²) in [5.74, 6) is 0. The van der Waals surface area contributed by atoms with E-state index in [1.165, 1.54) is 10.5 Å². The van der Waals surface area contributed by atoms with Crippen LogP contribution >= 0.6 is 0 Å². The van der Waals surface area contributed by atoms with Gasteiger partial charge in [0.05, 0.1) is 13.2 Å². The number of morpholine rings is 1. The average molecular weight is 355 g/mol. The molecule has 0 spiro atoms. The van der Waals surface area contributed by atoms with Crippen molar-refractivity contribution in [1.29, 1.82) is 0 Å². The number of rotatable bonds is 5. The molecule has 1 fully saturated rings. The topological polar surface area (TPSA) is 79.0 Å². The molecule has 3 N–H and O–H groups in total. The number of carbonyl (C=O) groups is 1. The molecular weight excluding hydrogens is 330 g/mol. The molecule has 6 heteroatoms. The molecule has 2 aromatic carbocycles. The number of nitrogen functional groups attached to an aromatic ring is 1. The summed E-state index contributed by atoms with van der Waals surface area (Å²) in [6, 6.07) is 13.8. The monoisotopic (exact) mass is 355 g/mol. The zero-order valence-electron chi connectivity index (χ0n) is 15.0. The minimum atomic E-state index is -0.967. The smallest absolute Gasteiger partial charge is 0.411 e. The molecule has 0 aliphatic carbocycles. The molecule has 0 atom stereocenters. The highest BCUT2D eigenvalue weighted by molar-refractivity contribution is 5.86. The van der Waals surface area contributed by atoms with E-state index in [2.05, 4.69) is 11.0 Å². The van der Waals surface area contributed by atoms with Crippen molar-refractivity contribution in [3.8, 4) is 0 Å². The van der Waals surface area contributed by atoms with Crippen LogP contribution in [0.5, 0.6) is 0 Å². The molecule has 1 aliphatic rings. The fourth-order valence-corrected chi connectivity index (χ4v) is 3.23. The lowest BCUT2D eigenvalue weighted by Crippen LogP contribution is -2.37. The number of nitrogens with two attached hydrogens (primary N) is 1. The maximum absolute atomic E-state index is 11.3. The van der Waals surface area contributed by atoms with Crippen LogP contribution in [0.15, 0.2) is 42.5 Å². The zero-order valence-corrected chi connectivity index (χ0v) is 15.0. The summed E-state index contributed by atoms with van der Waals surface area (Å²) in [6.45, 7) is 3.12. The maximum Gasteiger partial charge on any atom is 0.411 e. The van der Waals surface area contributed by atoms with E-state index in [4.69, 9.17) is 10.5 Å². The average Bonchev–Trinajstić information content (AvgIpc) is 2.66. The van der Waals surface area contributed by atoms with Gasteiger partial charge in [0.25, 0.3) is 0 Å². The number of amides is 1. The van der Waals surface area contributed by atoms with Gasteiger partial charge in [0.1, 0.15) is 0 Å². The van der Waals surface area contributed by atoms with Gasteiger partial charge in [-0.3, -0.25) is 4.90 Å². The molecule has 0 unspecified atom stereocenters. The Morgan fingerprint density at radius 3 is 2.65 bits per heavy atom. The third-order valence-electron chi connectivity index (χ3n) is 4.72. The Morgan fingerprint density at radius 1 is 1.19 bits per heavy atom. The molecule has 26 heavy (non-hydrogen) atoms. The number of benzene rings is 2. The first-order valence-electron chi connectivity index (χ1n) is 8.81. The third-order valence-corrected chi connectivity index (χ3v) is 4.72. The highest BCUT2D eigenvalue weighted by atomic mass is 16.5. The second-order valence-electron chi connectivity index (χ2n) is 6.50. The Hall–Kier alpha value is -2.73.